The van der Waals surface area contributed by atoms with Gasteiger partial charge in [0.1, 0.15) is 11.9 Å². The first-order chi connectivity index (χ1) is 13.9. The van der Waals surface area contributed by atoms with Gasteiger partial charge in [0, 0.05) is 23.5 Å². The Morgan fingerprint density at radius 3 is 2.45 bits per heavy atom. The molecule has 1 fully saturated rings. The number of halogens is 1. The lowest BCUT2D eigenvalue weighted by molar-refractivity contribution is -0.141. The molecule has 2 aromatic carbocycles. The summed E-state index contributed by atoms with van der Waals surface area (Å²) in [4.78, 5) is 37.2. The van der Waals surface area contributed by atoms with Crippen molar-refractivity contribution in [2.24, 2.45) is 0 Å². The highest BCUT2D eigenvalue weighted by molar-refractivity contribution is 7.99. The summed E-state index contributed by atoms with van der Waals surface area (Å²) in [7, 11) is 0. The second kappa shape index (κ2) is 9.56. The number of thioether (sulfide) groups is 1. The number of aliphatic carboxylic acids is 1. The molecule has 0 saturated carbocycles. The van der Waals surface area contributed by atoms with E-state index in [1.807, 2.05) is 12.1 Å². The molecule has 1 unspecified atom stereocenters. The largest absolute Gasteiger partial charge is 0.480 e. The van der Waals surface area contributed by atoms with Gasteiger partial charge in [0.05, 0.1) is 5.75 Å². The molecule has 1 saturated heterocycles. The molecule has 3 rings (SSSR count). The van der Waals surface area contributed by atoms with E-state index in [0.29, 0.717) is 36.4 Å². The molecule has 1 aliphatic heterocycles. The maximum absolute atomic E-state index is 12.9. The molecule has 1 atom stereocenters. The molecule has 0 aliphatic carbocycles. The number of nitrogens with zero attached hydrogens (tertiary/aromatic N) is 1. The van der Waals surface area contributed by atoms with E-state index in [4.69, 9.17) is 0 Å². The van der Waals surface area contributed by atoms with Crippen LogP contribution in [0.3, 0.4) is 0 Å². The van der Waals surface area contributed by atoms with Crippen molar-refractivity contribution in [3.8, 4) is 0 Å². The van der Waals surface area contributed by atoms with Crippen LogP contribution in [0, 0.1) is 5.82 Å². The van der Waals surface area contributed by atoms with E-state index in [-0.39, 0.29) is 23.4 Å². The quantitative estimate of drug-likeness (QED) is 0.723. The summed E-state index contributed by atoms with van der Waals surface area (Å²) in [5.41, 5.74) is 1.96. The summed E-state index contributed by atoms with van der Waals surface area (Å²) in [5, 5.41) is 11.9. The van der Waals surface area contributed by atoms with E-state index in [1.54, 1.807) is 12.1 Å². The highest BCUT2D eigenvalue weighted by Crippen LogP contribution is 2.21. The summed E-state index contributed by atoms with van der Waals surface area (Å²) in [6.45, 7) is 0.455. The van der Waals surface area contributed by atoms with Crippen LogP contribution in [0.2, 0.25) is 0 Å². The van der Waals surface area contributed by atoms with Crippen molar-refractivity contribution in [2.75, 3.05) is 17.6 Å². The summed E-state index contributed by atoms with van der Waals surface area (Å²) < 4.78 is 12.9. The third-order valence-corrected chi connectivity index (χ3v) is 5.63. The Morgan fingerprint density at radius 2 is 1.79 bits per heavy atom. The third kappa shape index (κ3) is 5.57. The third-order valence-electron chi connectivity index (χ3n) is 4.63. The van der Waals surface area contributed by atoms with Gasteiger partial charge >= 0.3 is 5.97 Å². The van der Waals surface area contributed by atoms with Crippen molar-refractivity contribution in [1.29, 1.82) is 0 Å². The zero-order valence-corrected chi connectivity index (χ0v) is 16.5. The van der Waals surface area contributed by atoms with Crippen LogP contribution in [0.15, 0.2) is 48.5 Å². The number of benzene rings is 2. The Hall–Kier alpha value is -2.87. The van der Waals surface area contributed by atoms with Crippen molar-refractivity contribution >= 4 is 35.2 Å². The zero-order chi connectivity index (χ0) is 20.8. The van der Waals surface area contributed by atoms with Gasteiger partial charge in [0.2, 0.25) is 5.91 Å². The molecule has 152 valence electrons. The minimum atomic E-state index is -0.970. The molecule has 0 bridgehead atoms. The van der Waals surface area contributed by atoms with Crippen molar-refractivity contribution < 1.29 is 23.9 Å². The Balaban J connectivity index is 1.48. The molecule has 2 N–H and O–H groups in total. The van der Waals surface area contributed by atoms with Crippen LogP contribution in [0.5, 0.6) is 0 Å². The molecule has 8 heteroatoms. The molecule has 1 aliphatic rings. The molecule has 2 aromatic rings. The normalized spacial score (nSPS) is 15.9. The van der Waals surface area contributed by atoms with Gasteiger partial charge in [0.25, 0.3) is 5.91 Å². The maximum atomic E-state index is 12.9. The Morgan fingerprint density at radius 1 is 1.10 bits per heavy atom. The zero-order valence-electron chi connectivity index (χ0n) is 15.6. The fourth-order valence-corrected chi connectivity index (χ4v) is 3.96. The first-order valence-electron chi connectivity index (χ1n) is 9.20. The van der Waals surface area contributed by atoms with Crippen molar-refractivity contribution in [2.45, 2.75) is 24.6 Å². The van der Waals surface area contributed by atoms with E-state index in [9.17, 15) is 23.9 Å². The van der Waals surface area contributed by atoms with E-state index >= 15 is 0 Å². The molecule has 29 heavy (non-hydrogen) atoms. The Labute approximate surface area is 172 Å². The monoisotopic (exact) mass is 416 g/mol. The topological polar surface area (TPSA) is 86.7 Å². The second-order valence-corrected chi connectivity index (χ2v) is 7.73. The average Bonchev–Trinajstić information content (AvgIpc) is 3.20. The van der Waals surface area contributed by atoms with Crippen LogP contribution in [-0.4, -0.2) is 46.1 Å². The van der Waals surface area contributed by atoms with Gasteiger partial charge in [-0.25, -0.2) is 9.18 Å². The molecule has 0 radical (unpaired) electrons. The fourth-order valence-electron chi connectivity index (χ4n) is 3.17. The lowest BCUT2D eigenvalue weighted by atomic mass is 10.1. The van der Waals surface area contributed by atoms with Crippen LogP contribution in [0.4, 0.5) is 10.1 Å². The van der Waals surface area contributed by atoms with Crippen LogP contribution in [-0.2, 0) is 15.3 Å². The van der Waals surface area contributed by atoms with Gasteiger partial charge in [-0.15, -0.1) is 11.8 Å². The first kappa shape index (κ1) is 20.9. The van der Waals surface area contributed by atoms with E-state index in [1.165, 1.54) is 40.9 Å². The van der Waals surface area contributed by atoms with Gasteiger partial charge in [-0.3, -0.25) is 9.59 Å². The minimum Gasteiger partial charge on any atom is -0.480 e. The predicted molar refractivity (Wildman–Crippen MR) is 109 cm³/mol. The number of carboxylic acids is 1. The van der Waals surface area contributed by atoms with Crippen LogP contribution in [0.1, 0.15) is 28.8 Å². The van der Waals surface area contributed by atoms with Gasteiger partial charge in [-0.05, 0) is 54.8 Å². The number of hydrogen-bond acceptors (Lipinski definition) is 4. The molecule has 1 heterocycles. The number of hydrogen-bond donors (Lipinski definition) is 2. The Bertz CT molecular complexity index is 887. The standard InChI is InChI=1S/C21H21FN2O4S/c22-16-7-9-17(10-8-16)23-19(25)13-29-12-14-3-5-15(6-4-14)20(26)24-11-1-2-18(24)21(27)28/h3-10,18H,1-2,11-13H2,(H,23,25)(H,27,28). The van der Waals surface area contributed by atoms with Crippen LogP contribution in [0.25, 0.3) is 0 Å². The van der Waals surface area contributed by atoms with Crippen molar-refractivity contribution in [1.82, 2.24) is 4.90 Å². The maximum Gasteiger partial charge on any atom is 0.326 e. The number of amides is 2. The minimum absolute atomic E-state index is 0.179. The smallest absolute Gasteiger partial charge is 0.326 e. The molecule has 0 aromatic heterocycles. The van der Waals surface area contributed by atoms with E-state index in [2.05, 4.69) is 5.32 Å². The summed E-state index contributed by atoms with van der Waals surface area (Å²) >= 11 is 1.42. The number of carbonyl (C=O) groups excluding carboxylic acids is 2. The lowest BCUT2D eigenvalue weighted by Gasteiger charge is -2.21. The summed E-state index contributed by atoms with van der Waals surface area (Å²) in [5.74, 6) is -0.945. The number of anilines is 1. The van der Waals surface area contributed by atoms with Gasteiger partial charge in [-0.2, -0.15) is 0 Å². The number of likely N-dealkylation sites (tertiary alicyclic amines) is 1. The SMILES string of the molecule is O=C(CSCc1ccc(C(=O)N2CCCC2C(=O)O)cc1)Nc1ccc(F)cc1. The summed E-state index contributed by atoms with van der Waals surface area (Å²) in [6.07, 6.45) is 1.17. The molecule has 2 amide bonds. The molecular formula is C21H21FN2O4S. The number of carbonyl (C=O) groups is 3. The highest BCUT2D eigenvalue weighted by Gasteiger charge is 2.34. The molecule has 6 nitrogen and oxygen atoms in total. The highest BCUT2D eigenvalue weighted by atomic mass is 32.2. The summed E-state index contributed by atoms with van der Waals surface area (Å²) in [6, 6.07) is 11.8. The molecule has 0 spiro atoms. The lowest BCUT2D eigenvalue weighted by Crippen LogP contribution is -2.40. The first-order valence-corrected chi connectivity index (χ1v) is 10.4. The van der Waals surface area contributed by atoms with E-state index < -0.39 is 12.0 Å². The van der Waals surface area contributed by atoms with Gasteiger partial charge in [-0.1, -0.05) is 12.1 Å². The van der Waals surface area contributed by atoms with E-state index in [0.717, 1.165) is 5.56 Å². The van der Waals surface area contributed by atoms with Crippen molar-refractivity contribution in [3.05, 3.63) is 65.5 Å². The number of rotatable bonds is 7. The number of nitrogens with one attached hydrogen (secondary N) is 1. The Kier molecular flexibility index (Phi) is 6.87. The van der Waals surface area contributed by atoms with Crippen LogP contribution < -0.4 is 5.32 Å². The number of carboxylic acid groups (broad SMARTS) is 1. The van der Waals surface area contributed by atoms with Crippen LogP contribution >= 0.6 is 11.8 Å². The van der Waals surface area contributed by atoms with Crippen molar-refractivity contribution in [3.63, 3.8) is 0 Å². The predicted octanol–water partition coefficient (Wildman–Crippen LogP) is 3.39. The average molecular weight is 416 g/mol. The molecular weight excluding hydrogens is 395 g/mol. The second-order valence-electron chi connectivity index (χ2n) is 6.74. The fraction of sp³-hybridized carbons (Fsp3) is 0.286. The van der Waals surface area contributed by atoms with Gasteiger partial charge in [0.15, 0.2) is 0 Å². The van der Waals surface area contributed by atoms with Gasteiger partial charge < -0.3 is 15.3 Å².